The molecule has 0 aromatic heterocycles. The summed E-state index contributed by atoms with van der Waals surface area (Å²) < 4.78 is 10.8. The Morgan fingerprint density at radius 3 is 2.60 bits per heavy atom. The van der Waals surface area contributed by atoms with Crippen molar-refractivity contribution in [3.05, 3.63) is 69.6 Å². The van der Waals surface area contributed by atoms with E-state index in [4.69, 9.17) is 21.1 Å². The number of thioether (sulfide) groups is 1. The van der Waals surface area contributed by atoms with E-state index in [0.29, 0.717) is 16.3 Å². The summed E-state index contributed by atoms with van der Waals surface area (Å²) in [7, 11) is 0. The Balaban J connectivity index is 1.80. The van der Waals surface area contributed by atoms with Gasteiger partial charge in [-0.25, -0.2) is 4.79 Å². The fourth-order valence-corrected chi connectivity index (χ4v) is 3.91. The molecule has 0 bridgehead atoms. The number of para-hydroxylation sites is 1. The molecule has 3 rings (SSSR count). The highest BCUT2D eigenvalue weighted by molar-refractivity contribution is 8.18. The Labute approximate surface area is 183 Å². The first-order chi connectivity index (χ1) is 14.4. The fraction of sp³-hybridized carbons (Fsp3) is 0.227. The van der Waals surface area contributed by atoms with E-state index < -0.39 is 23.2 Å². The Bertz CT molecular complexity index is 1010. The van der Waals surface area contributed by atoms with Crippen LogP contribution in [0.2, 0.25) is 5.02 Å². The van der Waals surface area contributed by atoms with Crippen LogP contribution in [0.25, 0.3) is 6.08 Å². The van der Waals surface area contributed by atoms with Crippen molar-refractivity contribution < 1.29 is 23.9 Å². The zero-order chi connectivity index (χ0) is 21.7. The van der Waals surface area contributed by atoms with E-state index in [2.05, 4.69) is 0 Å². The van der Waals surface area contributed by atoms with Crippen LogP contribution in [0.3, 0.4) is 0 Å². The minimum absolute atomic E-state index is 0.172. The van der Waals surface area contributed by atoms with E-state index in [1.54, 1.807) is 37.3 Å². The van der Waals surface area contributed by atoms with Gasteiger partial charge in [-0.1, -0.05) is 48.0 Å². The topological polar surface area (TPSA) is 72.9 Å². The van der Waals surface area contributed by atoms with Gasteiger partial charge in [0.15, 0.2) is 0 Å². The van der Waals surface area contributed by atoms with Crippen LogP contribution < -0.4 is 4.74 Å². The molecule has 156 valence electrons. The number of imide groups is 1. The predicted octanol–water partition coefficient (Wildman–Crippen LogP) is 4.91. The van der Waals surface area contributed by atoms with E-state index in [-0.39, 0.29) is 18.1 Å². The van der Waals surface area contributed by atoms with Gasteiger partial charge in [0, 0.05) is 16.1 Å². The molecule has 0 aliphatic carbocycles. The molecule has 1 aliphatic rings. The standard InChI is InChI=1S/C22H20ClNO5S/c1-3-28-21(26)14(2)24-20(25)19(30-22(24)27)12-15-8-5-7-11-18(15)29-13-16-9-4-6-10-17(16)23/h4-12,14H,3,13H2,1-2H3/b19-12+/t14-/m0/s1. The number of hydrogen-bond acceptors (Lipinski definition) is 6. The number of amides is 2. The van der Waals surface area contributed by atoms with Gasteiger partial charge in [0.2, 0.25) is 0 Å². The molecule has 0 radical (unpaired) electrons. The zero-order valence-electron chi connectivity index (χ0n) is 16.5. The Kier molecular flexibility index (Phi) is 7.18. The van der Waals surface area contributed by atoms with Gasteiger partial charge in [-0.05, 0) is 43.8 Å². The van der Waals surface area contributed by atoms with Crippen molar-refractivity contribution in [3.8, 4) is 5.75 Å². The van der Waals surface area contributed by atoms with E-state index in [1.165, 1.54) is 6.92 Å². The summed E-state index contributed by atoms with van der Waals surface area (Å²) in [5.41, 5.74) is 1.47. The monoisotopic (exact) mass is 445 g/mol. The Morgan fingerprint density at radius 2 is 1.87 bits per heavy atom. The molecule has 2 aromatic rings. The van der Waals surface area contributed by atoms with E-state index in [1.807, 2.05) is 24.3 Å². The maximum atomic E-state index is 12.8. The third-order valence-electron chi connectivity index (χ3n) is 4.39. The van der Waals surface area contributed by atoms with Crippen LogP contribution in [-0.4, -0.2) is 34.7 Å². The largest absolute Gasteiger partial charge is 0.488 e. The predicted molar refractivity (Wildman–Crippen MR) is 116 cm³/mol. The molecule has 0 N–H and O–H groups in total. The smallest absolute Gasteiger partial charge is 0.329 e. The molecule has 6 nitrogen and oxygen atoms in total. The van der Waals surface area contributed by atoms with Crippen LogP contribution in [0.5, 0.6) is 5.75 Å². The first-order valence-electron chi connectivity index (χ1n) is 9.31. The fourth-order valence-electron chi connectivity index (χ4n) is 2.83. The summed E-state index contributed by atoms with van der Waals surface area (Å²) in [4.78, 5) is 38.2. The average molecular weight is 446 g/mol. The number of hydrogen-bond donors (Lipinski definition) is 0. The lowest BCUT2D eigenvalue weighted by molar-refractivity contribution is -0.150. The number of halogens is 1. The van der Waals surface area contributed by atoms with Gasteiger partial charge in [0.25, 0.3) is 11.1 Å². The number of ether oxygens (including phenoxy) is 2. The second-order valence-electron chi connectivity index (χ2n) is 6.40. The van der Waals surface area contributed by atoms with Crippen molar-refractivity contribution in [2.24, 2.45) is 0 Å². The zero-order valence-corrected chi connectivity index (χ0v) is 18.0. The van der Waals surface area contributed by atoms with Crippen LogP contribution in [0, 0.1) is 0 Å². The van der Waals surface area contributed by atoms with E-state index in [0.717, 1.165) is 22.2 Å². The molecule has 1 aliphatic heterocycles. The van der Waals surface area contributed by atoms with Crippen LogP contribution in [-0.2, 0) is 20.9 Å². The van der Waals surface area contributed by atoms with Gasteiger partial charge in [-0.2, -0.15) is 0 Å². The third-order valence-corrected chi connectivity index (χ3v) is 5.64. The minimum atomic E-state index is -0.991. The summed E-state index contributed by atoms with van der Waals surface area (Å²) in [6, 6.07) is 13.5. The molecular formula is C22H20ClNO5S. The molecule has 0 unspecified atom stereocenters. The van der Waals surface area contributed by atoms with E-state index in [9.17, 15) is 14.4 Å². The number of nitrogens with zero attached hydrogens (tertiary/aromatic N) is 1. The number of carbonyl (C=O) groups excluding carboxylic acids is 3. The Morgan fingerprint density at radius 1 is 1.17 bits per heavy atom. The van der Waals surface area contributed by atoms with Crippen LogP contribution in [0.4, 0.5) is 4.79 Å². The molecule has 2 amide bonds. The Hall–Kier alpha value is -2.77. The first-order valence-corrected chi connectivity index (χ1v) is 10.5. The summed E-state index contributed by atoms with van der Waals surface area (Å²) in [6.07, 6.45) is 1.59. The molecule has 0 saturated carbocycles. The third kappa shape index (κ3) is 4.86. The van der Waals surface area contributed by atoms with Gasteiger partial charge in [0.1, 0.15) is 18.4 Å². The molecule has 0 spiro atoms. The van der Waals surface area contributed by atoms with Gasteiger partial charge in [-0.3, -0.25) is 14.5 Å². The van der Waals surface area contributed by atoms with Gasteiger partial charge in [0.05, 0.1) is 11.5 Å². The molecule has 8 heteroatoms. The van der Waals surface area contributed by atoms with Crippen LogP contribution in [0.1, 0.15) is 25.0 Å². The lowest BCUT2D eigenvalue weighted by Gasteiger charge is -2.19. The molecule has 1 heterocycles. The summed E-state index contributed by atoms with van der Waals surface area (Å²) in [5, 5.41) is 0.0883. The van der Waals surface area contributed by atoms with Crippen molar-refractivity contribution >= 4 is 46.6 Å². The van der Waals surface area contributed by atoms with Crippen molar-refractivity contribution in [1.29, 1.82) is 0 Å². The van der Waals surface area contributed by atoms with Gasteiger partial charge in [-0.15, -0.1) is 0 Å². The minimum Gasteiger partial charge on any atom is -0.488 e. The highest BCUT2D eigenvalue weighted by Crippen LogP contribution is 2.35. The number of rotatable bonds is 7. The van der Waals surface area contributed by atoms with Gasteiger partial charge < -0.3 is 9.47 Å². The molecule has 30 heavy (non-hydrogen) atoms. The summed E-state index contributed by atoms with van der Waals surface area (Å²) >= 11 is 6.96. The second-order valence-corrected chi connectivity index (χ2v) is 7.80. The normalized spacial score (nSPS) is 16.1. The number of carbonyl (C=O) groups is 3. The van der Waals surface area contributed by atoms with Crippen molar-refractivity contribution in [3.63, 3.8) is 0 Å². The molecular weight excluding hydrogens is 426 g/mol. The average Bonchev–Trinajstić information content (AvgIpc) is 3.01. The summed E-state index contributed by atoms with van der Waals surface area (Å²) in [5.74, 6) is -0.612. The maximum Gasteiger partial charge on any atom is 0.329 e. The lowest BCUT2D eigenvalue weighted by atomic mass is 10.1. The first kappa shape index (κ1) is 21.9. The molecule has 1 fully saturated rings. The van der Waals surface area contributed by atoms with Crippen molar-refractivity contribution in [1.82, 2.24) is 4.90 Å². The quantitative estimate of drug-likeness (QED) is 0.445. The SMILES string of the molecule is CCOC(=O)[C@H](C)N1C(=O)S/C(=C/c2ccccc2OCc2ccccc2Cl)C1=O. The number of benzene rings is 2. The van der Waals surface area contributed by atoms with Crippen LogP contribution in [0.15, 0.2) is 53.4 Å². The van der Waals surface area contributed by atoms with Crippen molar-refractivity contribution in [2.45, 2.75) is 26.5 Å². The maximum absolute atomic E-state index is 12.8. The van der Waals surface area contributed by atoms with Crippen molar-refractivity contribution in [2.75, 3.05) is 6.61 Å². The lowest BCUT2D eigenvalue weighted by Crippen LogP contribution is -2.42. The van der Waals surface area contributed by atoms with Crippen LogP contribution >= 0.6 is 23.4 Å². The molecule has 1 atom stereocenters. The second kappa shape index (κ2) is 9.82. The van der Waals surface area contributed by atoms with Gasteiger partial charge >= 0.3 is 5.97 Å². The molecule has 1 saturated heterocycles. The highest BCUT2D eigenvalue weighted by Gasteiger charge is 2.41. The van der Waals surface area contributed by atoms with E-state index >= 15 is 0 Å². The molecule has 2 aromatic carbocycles. The highest BCUT2D eigenvalue weighted by atomic mass is 35.5. The number of esters is 1. The summed E-state index contributed by atoms with van der Waals surface area (Å²) in [6.45, 7) is 3.56.